The van der Waals surface area contributed by atoms with E-state index in [4.69, 9.17) is 19.2 Å². The minimum Gasteiger partial charge on any atom is -0.497 e. The number of ketones is 1. The summed E-state index contributed by atoms with van der Waals surface area (Å²) in [5.74, 6) is 2.09. The molecule has 1 spiro atoms. The maximum absolute atomic E-state index is 12.9. The van der Waals surface area contributed by atoms with Crippen LogP contribution in [0, 0.1) is 6.92 Å². The molecule has 186 valence electrons. The number of benzene rings is 2. The summed E-state index contributed by atoms with van der Waals surface area (Å²) in [6, 6.07) is 13.2. The molecule has 1 fully saturated rings. The van der Waals surface area contributed by atoms with Crippen LogP contribution in [-0.4, -0.2) is 54.1 Å². The van der Waals surface area contributed by atoms with Crippen LogP contribution in [-0.2, 0) is 4.74 Å². The molecule has 3 heterocycles. The Kier molecular flexibility index (Phi) is 6.35. The number of fused-ring (bicyclic) bond motifs is 1. The van der Waals surface area contributed by atoms with Crippen LogP contribution in [0.5, 0.6) is 11.5 Å². The number of methoxy groups -OCH3 is 1. The molecular formula is C28H29N3O5. The summed E-state index contributed by atoms with van der Waals surface area (Å²) in [6.07, 6.45) is 3.15. The molecule has 0 atom stereocenters. The zero-order chi connectivity index (χ0) is 25.3. The first kappa shape index (κ1) is 23.8. The number of piperidine rings is 1. The summed E-state index contributed by atoms with van der Waals surface area (Å²) in [5.41, 5.74) is 2.29. The number of aryl methyl sites for hydroxylation is 1. The Hall–Kier alpha value is -3.94. The maximum atomic E-state index is 12.9. The van der Waals surface area contributed by atoms with Crippen molar-refractivity contribution in [3.8, 4) is 22.9 Å². The van der Waals surface area contributed by atoms with Gasteiger partial charge in [0.15, 0.2) is 11.6 Å². The van der Waals surface area contributed by atoms with Crippen molar-refractivity contribution in [2.24, 2.45) is 0 Å². The minimum atomic E-state index is -0.550. The normalized spacial score (nSPS) is 16.3. The fourth-order valence-corrected chi connectivity index (χ4v) is 4.86. The first-order valence-corrected chi connectivity index (χ1v) is 12.2. The summed E-state index contributed by atoms with van der Waals surface area (Å²) < 4.78 is 16.9. The molecule has 0 radical (unpaired) electrons. The molecule has 0 amide bonds. The van der Waals surface area contributed by atoms with Crippen LogP contribution in [0.2, 0.25) is 0 Å². The van der Waals surface area contributed by atoms with Gasteiger partial charge >= 0.3 is 5.97 Å². The summed E-state index contributed by atoms with van der Waals surface area (Å²) in [7, 11) is 1.62. The monoisotopic (exact) mass is 487 g/mol. The van der Waals surface area contributed by atoms with E-state index in [1.54, 1.807) is 14.0 Å². The molecule has 8 heteroatoms. The van der Waals surface area contributed by atoms with Crippen molar-refractivity contribution < 1.29 is 23.8 Å². The Morgan fingerprint density at radius 2 is 1.89 bits per heavy atom. The predicted octanol–water partition coefficient (Wildman–Crippen LogP) is 4.64. The Morgan fingerprint density at radius 3 is 2.58 bits per heavy atom. The molecule has 0 unspecified atom stereocenters. The summed E-state index contributed by atoms with van der Waals surface area (Å²) in [6.45, 7) is 5.17. The number of ether oxygens (including phenoxy) is 3. The van der Waals surface area contributed by atoms with Crippen molar-refractivity contribution in [3.63, 3.8) is 0 Å². The van der Waals surface area contributed by atoms with Crippen molar-refractivity contribution in [3.05, 3.63) is 65.4 Å². The van der Waals surface area contributed by atoms with Gasteiger partial charge in [-0.05, 0) is 50.2 Å². The number of rotatable bonds is 5. The molecule has 0 aliphatic carbocycles. The van der Waals surface area contributed by atoms with Crippen molar-refractivity contribution in [1.82, 2.24) is 9.97 Å². The van der Waals surface area contributed by atoms with Crippen LogP contribution in [0.25, 0.3) is 11.4 Å². The van der Waals surface area contributed by atoms with Gasteiger partial charge < -0.3 is 19.1 Å². The van der Waals surface area contributed by atoms with Crippen LogP contribution >= 0.6 is 0 Å². The molecule has 5 rings (SSSR count). The smallest absolute Gasteiger partial charge is 0.343 e. The van der Waals surface area contributed by atoms with Gasteiger partial charge in [0.2, 0.25) is 0 Å². The molecule has 36 heavy (non-hydrogen) atoms. The Balaban J connectivity index is 1.42. The van der Waals surface area contributed by atoms with Gasteiger partial charge in [0.1, 0.15) is 28.5 Å². The second kappa shape index (κ2) is 9.60. The summed E-state index contributed by atoms with van der Waals surface area (Å²) >= 11 is 0. The number of esters is 1. The lowest BCUT2D eigenvalue weighted by Crippen LogP contribution is -2.51. The molecular weight excluding hydrogens is 458 g/mol. The average Bonchev–Trinajstić information content (AvgIpc) is 2.89. The van der Waals surface area contributed by atoms with Gasteiger partial charge in [-0.2, -0.15) is 0 Å². The van der Waals surface area contributed by atoms with E-state index in [1.165, 1.54) is 6.20 Å². The second-order valence-corrected chi connectivity index (χ2v) is 9.25. The number of aromatic nitrogens is 2. The van der Waals surface area contributed by atoms with Gasteiger partial charge in [0, 0.05) is 37.7 Å². The lowest BCUT2D eigenvalue weighted by molar-refractivity contribution is 0.0231. The first-order valence-electron chi connectivity index (χ1n) is 12.2. The number of carbonyl (C=O) groups excluding carboxylic acids is 2. The fourth-order valence-electron chi connectivity index (χ4n) is 4.86. The Bertz CT molecular complexity index is 1300. The quantitative estimate of drug-likeness (QED) is 0.481. The van der Waals surface area contributed by atoms with E-state index < -0.39 is 11.6 Å². The van der Waals surface area contributed by atoms with E-state index in [0.717, 1.165) is 16.9 Å². The zero-order valence-corrected chi connectivity index (χ0v) is 20.7. The molecule has 2 aliphatic heterocycles. The van der Waals surface area contributed by atoms with E-state index in [9.17, 15) is 9.59 Å². The third-order valence-electron chi connectivity index (χ3n) is 6.83. The van der Waals surface area contributed by atoms with Crippen LogP contribution in [0.1, 0.15) is 52.5 Å². The second-order valence-electron chi connectivity index (χ2n) is 9.25. The van der Waals surface area contributed by atoms with Gasteiger partial charge in [-0.25, -0.2) is 14.8 Å². The van der Waals surface area contributed by atoms with E-state index >= 15 is 0 Å². The van der Waals surface area contributed by atoms with E-state index in [1.807, 2.05) is 49.4 Å². The van der Waals surface area contributed by atoms with Gasteiger partial charge in [0.05, 0.1) is 25.7 Å². The first-order chi connectivity index (χ1) is 17.4. The van der Waals surface area contributed by atoms with Gasteiger partial charge in [-0.3, -0.25) is 4.79 Å². The topological polar surface area (TPSA) is 90.9 Å². The standard InChI is InChI=1S/C28H29N3O5/c1-4-35-27(33)22-17-29-25(19-6-8-20(34-3)9-7-19)30-26(22)31-13-11-28(12-14-31)16-23(32)21-15-18(2)5-10-24(21)36-28/h5-10,15,17H,4,11-14,16H2,1-3H3. The maximum Gasteiger partial charge on any atom is 0.343 e. The molecule has 0 saturated carbocycles. The molecule has 2 aliphatic rings. The van der Waals surface area contributed by atoms with Gasteiger partial charge in [-0.1, -0.05) is 11.6 Å². The molecule has 1 aromatic heterocycles. The Morgan fingerprint density at radius 1 is 1.14 bits per heavy atom. The summed E-state index contributed by atoms with van der Waals surface area (Å²) in [4.78, 5) is 37.0. The van der Waals surface area contributed by atoms with Crippen LogP contribution in [0.3, 0.4) is 0 Å². The molecule has 0 bridgehead atoms. The van der Waals surface area contributed by atoms with Crippen molar-refractivity contribution in [2.45, 2.75) is 38.7 Å². The van der Waals surface area contributed by atoms with Crippen LogP contribution in [0.4, 0.5) is 5.82 Å². The van der Waals surface area contributed by atoms with Crippen LogP contribution < -0.4 is 14.4 Å². The van der Waals surface area contributed by atoms with Crippen molar-refractivity contribution >= 4 is 17.6 Å². The van der Waals surface area contributed by atoms with E-state index in [2.05, 4.69) is 9.88 Å². The van der Waals surface area contributed by atoms with Crippen molar-refractivity contribution in [2.75, 3.05) is 31.7 Å². The average molecular weight is 488 g/mol. The van der Waals surface area contributed by atoms with E-state index in [0.29, 0.717) is 60.9 Å². The third-order valence-corrected chi connectivity index (χ3v) is 6.83. The number of nitrogens with zero attached hydrogens (tertiary/aromatic N) is 3. The Labute approximate surface area is 210 Å². The molecule has 3 aromatic rings. The number of anilines is 1. The number of Topliss-reactive ketones (excluding diaryl/α,β-unsaturated/α-hetero) is 1. The highest BCUT2D eigenvalue weighted by Crippen LogP contribution is 2.40. The number of carbonyl (C=O) groups is 2. The van der Waals surface area contributed by atoms with Crippen LogP contribution in [0.15, 0.2) is 48.7 Å². The highest BCUT2D eigenvalue weighted by molar-refractivity contribution is 6.00. The zero-order valence-electron chi connectivity index (χ0n) is 20.7. The van der Waals surface area contributed by atoms with Gasteiger partial charge in [-0.15, -0.1) is 0 Å². The molecule has 8 nitrogen and oxygen atoms in total. The van der Waals surface area contributed by atoms with Crippen molar-refractivity contribution in [1.29, 1.82) is 0 Å². The third kappa shape index (κ3) is 4.51. The highest BCUT2D eigenvalue weighted by atomic mass is 16.5. The number of hydrogen-bond acceptors (Lipinski definition) is 8. The van der Waals surface area contributed by atoms with E-state index in [-0.39, 0.29) is 12.4 Å². The van der Waals surface area contributed by atoms with Gasteiger partial charge in [0.25, 0.3) is 0 Å². The predicted molar refractivity (Wildman–Crippen MR) is 135 cm³/mol. The lowest BCUT2D eigenvalue weighted by atomic mass is 9.82. The molecule has 0 N–H and O–H groups in total. The fraction of sp³-hybridized carbons (Fsp3) is 0.357. The lowest BCUT2D eigenvalue weighted by Gasteiger charge is -2.44. The minimum absolute atomic E-state index is 0.115. The highest BCUT2D eigenvalue weighted by Gasteiger charge is 2.43. The largest absolute Gasteiger partial charge is 0.497 e. The summed E-state index contributed by atoms with van der Waals surface area (Å²) in [5, 5.41) is 0. The molecule has 2 aromatic carbocycles. The molecule has 1 saturated heterocycles. The number of hydrogen-bond donors (Lipinski definition) is 0. The SMILES string of the molecule is CCOC(=O)c1cnc(-c2ccc(OC)cc2)nc1N1CCC2(CC1)CC(=O)c1cc(C)ccc1O2.